The molecule has 1 aromatic heterocycles. The van der Waals surface area contributed by atoms with E-state index < -0.39 is 38.0 Å². The maximum Gasteiger partial charge on any atom is 0.341 e. The van der Waals surface area contributed by atoms with Crippen molar-refractivity contribution in [2.75, 3.05) is 26.2 Å². The molecule has 1 saturated heterocycles. The molecule has 0 aliphatic carbocycles. The van der Waals surface area contributed by atoms with Crippen molar-refractivity contribution in [3.05, 3.63) is 65.5 Å². The highest BCUT2D eigenvalue weighted by atomic mass is 32.2. The van der Waals surface area contributed by atoms with Gasteiger partial charge in [-0.1, -0.05) is 12.1 Å². The molecule has 1 aliphatic heterocycles. The summed E-state index contributed by atoms with van der Waals surface area (Å²) < 4.78 is 78.1. The van der Waals surface area contributed by atoms with Gasteiger partial charge in [0.15, 0.2) is 17.5 Å². The Morgan fingerprint density at radius 2 is 1.71 bits per heavy atom. The monoisotopic (exact) mass is 498 g/mol. The number of halogens is 4. The summed E-state index contributed by atoms with van der Waals surface area (Å²) in [6.45, 7) is 1.37. The fourth-order valence-electron chi connectivity index (χ4n) is 3.59. The molecule has 34 heavy (non-hydrogen) atoms. The molecule has 9 nitrogen and oxygen atoms in total. The van der Waals surface area contributed by atoms with Crippen LogP contribution in [0, 0.1) is 11.6 Å². The average molecular weight is 498 g/mol. The number of carbonyl (C=O) groups excluding carboxylic acids is 1. The molecule has 2 heterocycles. The van der Waals surface area contributed by atoms with Crippen molar-refractivity contribution in [2.45, 2.75) is 17.2 Å². The number of hydrogen-bond acceptors (Lipinski definition) is 7. The van der Waals surface area contributed by atoms with E-state index in [0.29, 0.717) is 18.9 Å². The third-order valence-electron chi connectivity index (χ3n) is 5.36. The summed E-state index contributed by atoms with van der Waals surface area (Å²) in [6.07, 6.45) is 0. The standard InChI is InChI=1S/C20H18F4N6O3S/c21-15-6-5-13(11-16(15)22)30-18(25-26-27-30)12-28-7-9-29(10-8-28)19(31)14-3-1-2-4-17(14)34(32,33)20(23)24/h1-6,11,20H,7-10,12H2. The van der Waals surface area contributed by atoms with Gasteiger partial charge in [-0.15, -0.1) is 5.10 Å². The lowest BCUT2D eigenvalue weighted by Crippen LogP contribution is -2.48. The fourth-order valence-corrected chi connectivity index (χ4v) is 4.51. The van der Waals surface area contributed by atoms with Gasteiger partial charge in [0.25, 0.3) is 5.91 Å². The van der Waals surface area contributed by atoms with E-state index in [1.54, 1.807) is 0 Å². The number of rotatable bonds is 6. The molecule has 1 fully saturated rings. The summed E-state index contributed by atoms with van der Waals surface area (Å²) in [4.78, 5) is 15.5. The van der Waals surface area contributed by atoms with E-state index in [4.69, 9.17) is 0 Å². The lowest BCUT2D eigenvalue weighted by Gasteiger charge is -2.34. The molecule has 0 N–H and O–H groups in total. The normalized spacial score (nSPS) is 15.1. The highest BCUT2D eigenvalue weighted by Crippen LogP contribution is 2.24. The number of tetrazole rings is 1. The predicted octanol–water partition coefficient (Wildman–Crippen LogP) is 1.89. The lowest BCUT2D eigenvalue weighted by atomic mass is 10.2. The highest BCUT2D eigenvalue weighted by molar-refractivity contribution is 7.91. The first kappa shape index (κ1) is 23.8. The average Bonchev–Trinajstić information content (AvgIpc) is 3.29. The Morgan fingerprint density at radius 1 is 1.00 bits per heavy atom. The highest BCUT2D eigenvalue weighted by Gasteiger charge is 2.33. The molecule has 0 unspecified atom stereocenters. The number of aromatic nitrogens is 4. The molecule has 180 valence electrons. The van der Waals surface area contributed by atoms with E-state index in [9.17, 15) is 30.8 Å². The number of nitrogens with zero attached hydrogens (tertiary/aromatic N) is 6. The van der Waals surface area contributed by atoms with Crippen LogP contribution in [0.3, 0.4) is 0 Å². The summed E-state index contributed by atoms with van der Waals surface area (Å²) in [7, 11) is -4.94. The van der Waals surface area contributed by atoms with Gasteiger partial charge in [0, 0.05) is 32.2 Å². The van der Waals surface area contributed by atoms with Crippen molar-refractivity contribution in [2.24, 2.45) is 0 Å². The summed E-state index contributed by atoms with van der Waals surface area (Å²) in [5.74, 6) is -5.98. The van der Waals surface area contributed by atoms with Crippen LogP contribution in [0.1, 0.15) is 16.2 Å². The van der Waals surface area contributed by atoms with Crippen molar-refractivity contribution in [1.82, 2.24) is 30.0 Å². The number of amides is 1. The van der Waals surface area contributed by atoms with Gasteiger partial charge in [0.05, 0.1) is 22.7 Å². The zero-order valence-electron chi connectivity index (χ0n) is 17.5. The van der Waals surface area contributed by atoms with Crippen LogP contribution >= 0.6 is 0 Å². The summed E-state index contributed by atoms with van der Waals surface area (Å²) in [5, 5.41) is 11.3. The first-order chi connectivity index (χ1) is 16.2. The molecule has 2 aromatic carbocycles. The van der Waals surface area contributed by atoms with Gasteiger partial charge in [0.1, 0.15) is 0 Å². The Labute approximate surface area is 191 Å². The molecule has 3 aromatic rings. The van der Waals surface area contributed by atoms with E-state index >= 15 is 0 Å². The van der Waals surface area contributed by atoms with E-state index in [-0.39, 0.29) is 30.9 Å². The zero-order valence-corrected chi connectivity index (χ0v) is 18.3. The van der Waals surface area contributed by atoms with E-state index in [1.165, 1.54) is 33.8 Å². The Balaban J connectivity index is 1.44. The molecule has 14 heteroatoms. The number of benzene rings is 2. The third kappa shape index (κ3) is 4.63. The van der Waals surface area contributed by atoms with Gasteiger partial charge < -0.3 is 4.90 Å². The SMILES string of the molecule is O=C(c1ccccc1S(=O)(=O)C(F)F)N1CCN(Cc2nnnn2-c2ccc(F)c(F)c2)CC1. The summed E-state index contributed by atoms with van der Waals surface area (Å²) >= 11 is 0. The largest absolute Gasteiger partial charge is 0.341 e. The number of alkyl halides is 2. The Kier molecular flexibility index (Phi) is 6.61. The van der Waals surface area contributed by atoms with Crippen molar-refractivity contribution in [1.29, 1.82) is 0 Å². The lowest BCUT2D eigenvalue weighted by molar-refractivity contribution is 0.0620. The summed E-state index contributed by atoms with van der Waals surface area (Å²) in [5.41, 5.74) is -0.0666. The van der Waals surface area contributed by atoms with Crippen LogP contribution in [-0.2, 0) is 16.4 Å². The Bertz CT molecular complexity index is 1310. The van der Waals surface area contributed by atoms with Gasteiger partial charge in [-0.05, 0) is 34.7 Å². The van der Waals surface area contributed by atoms with Crippen LogP contribution in [0.2, 0.25) is 0 Å². The minimum atomic E-state index is -4.94. The zero-order chi connectivity index (χ0) is 24.5. The Hall–Kier alpha value is -3.39. The van der Waals surface area contributed by atoms with Gasteiger partial charge in [-0.25, -0.2) is 17.2 Å². The van der Waals surface area contributed by atoms with Gasteiger partial charge in [0.2, 0.25) is 9.84 Å². The third-order valence-corrected chi connectivity index (χ3v) is 6.80. The second kappa shape index (κ2) is 9.46. The predicted molar refractivity (Wildman–Crippen MR) is 110 cm³/mol. The molecule has 0 radical (unpaired) electrons. The number of hydrogen-bond donors (Lipinski definition) is 0. The fraction of sp³-hybridized carbons (Fsp3) is 0.300. The van der Waals surface area contributed by atoms with Crippen molar-refractivity contribution >= 4 is 15.7 Å². The van der Waals surface area contributed by atoms with Crippen molar-refractivity contribution in [3.63, 3.8) is 0 Å². The second-order valence-electron chi connectivity index (χ2n) is 7.48. The molecule has 4 rings (SSSR count). The number of piperazine rings is 1. The van der Waals surface area contributed by atoms with Gasteiger partial charge >= 0.3 is 5.76 Å². The molecule has 0 spiro atoms. The molecule has 1 aliphatic rings. The topological polar surface area (TPSA) is 101 Å². The Morgan fingerprint density at radius 3 is 2.38 bits per heavy atom. The first-order valence-corrected chi connectivity index (χ1v) is 11.6. The minimum Gasteiger partial charge on any atom is -0.336 e. The molecule has 0 bridgehead atoms. The van der Waals surface area contributed by atoms with Gasteiger partial charge in [-0.2, -0.15) is 13.5 Å². The quantitative estimate of drug-likeness (QED) is 0.479. The maximum atomic E-state index is 13.6. The number of carbonyl (C=O) groups is 1. The van der Waals surface area contributed by atoms with Crippen LogP contribution in [0.25, 0.3) is 5.69 Å². The van der Waals surface area contributed by atoms with Crippen molar-refractivity contribution in [3.8, 4) is 5.69 Å². The minimum absolute atomic E-state index is 0.203. The van der Waals surface area contributed by atoms with Crippen molar-refractivity contribution < 1.29 is 30.8 Å². The first-order valence-electron chi connectivity index (χ1n) is 10.0. The van der Waals surface area contributed by atoms with Crippen LogP contribution in [0.5, 0.6) is 0 Å². The van der Waals surface area contributed by atoms with Crippen LogP contribution in [0.15, 0.2) is 47.4 Å². The molecular formula is C20H18F4N6O3S. The molecule has 0 saturated carbocycles. The maximum absolute atomic E-state index is 13.6. The van der Waals surface area contributed by atoms with E-state index in [1.807, 2.05) is 4.90 Å². The molecular weight excluding hydrogens is 480 g/mol. The molecule has 0 atom stereocenters. The second-order valence-corrected chi connectivity index (χ2v) is 9.36. The van der Waals surface area contributed by atoms with Crippen LogP contribution in [0.4, 0.5) is 17.6 Å². The summed E-state index contributed by atoms with van der Waals surface area (Å²) in [6, 6.07) is 8.15. The molecule has 1 amide bonds. The van der Waals surface area contributed by atoms with E-state index in [2.05, 4.69) is 15.5 Å². The van der Waals surface area contributed by atoms with Crippen LogP contribution in [-0.4, -0.2) is 76.3 Å². The van der Waals surface area contributed by atoms with Crippen LogP contribution < -0.4 is 0 Å². The van der Waals surface area contributed by atoms with E-state index in [0.717, 1.165) is 18.2 Å². The van der Waals surface area contributed by atoms with Gasteiger partial charge in [-0.3, -0.25) is 9.69 Å². The number of sulfone groups is 1. The smallest absolute Gasteiger partial charge is 0.336 e.